The Morgan fingerprint density at radius 3 is 2.67 bits per heavy atom. The molecule has 0 bridgehead atoms. The molecule has 4 rings (SSSR count). The number of nitrogens with zero attached hydrogens (tertiary/aromatic N) is 3. The summed E-state index contributed by atoms with van der Waals surface area (Å²) in [6, 6.07) is 16.9. The largest absolute Gasteiger partial charge is 0.382 e. The Morgan fingerprint density at radius 2 is 1.83 bits per heavy atom. The summed E-state index contributed by atoms with van der Waals surface area (Å²) >= 11 is 0. The number of nitrogen functional groups attached to an aromatic ring is 1. The number of aromatic nitrogens is 3. The standard InChI is InChI=1S/C22H24N6O2/c1-15-25-19-20(17-9-5-6-10-18(17)27-21(19)23)28(15)12-14-30-13-11-24-22(29)26-16-7-3-2-4-8-16/h2-10H,11-14H2,1H3,(H2,23,27)(H2,24,26,29). The van der Waals surface area contributed by atoms with Crippen LogP contribution in [0, 0.1) is 6.92 Å². The van der Waals surface area contributed by atoms with Crippen LogP contribution in [0.1, 0.15) is 5.82 Å². The summed E-state index contributed by atoms with van der Waals surface area (Å²) in [5.74, 6) is 1.29. The number of fused-ring (bicyclic) bond motifs is 3. The molecule has 2 aromatic carbocycles. The number of imidazole rings is 1. The monoisotopic (exact) mass is 404 g/mol. The quantitative estimate of drug-likeness (QED) is 0.410. The molecule has 2 amide bonds. The van der Waals surface area contributed by atoms with Crippen molar-refractivity contribution in [1.82, 2.24) is 19.9 Å². The number of nitrogens with one attached hydrogen (secondary N) is 2. The minimum absolute atomic E-state index is 0.254. The van der Waals surface area contributed by atoms with Crippen molar-refractivity contribution in [3.05, 3.63) is 60.4 Å². The number of carbonyl (C=O) groups is 1. The van der Waals surface area contributed by atoms with Crippen LogP contribution < -0.4 is 16.4 Å². The zero-order valence-corrected chi connectivity index (χ0v) is 16.8. The number of hydrogen-bond acceptors (Lipinski definition) is 5. The van der Waals surface area contributed by atoms with Gasteiger partial charge in [-0.1, -0.05) is 36.4 Å². The van der Waals surface area contributed by atoms with Gasteiger partial charge in [0.25, 0.3) is 0 Å². The third-order valence-corrected chi connectivity index (χ3v) is 4.82. The highest BCUT2D eigenvalue weighted by Gasteiger charge is 2.14. The normalized spacial score (nSPS) is 11.1. The van der Waals surface area contributed by atoms with E-state index >= 15 is 0 Å². The Balaban J connectivity index is 1.32. The van der Waals surface area contributed by atoms with Crippen LogP contribution in [0.5, 0.6) is 0 Å². The number of nitrogens with two attached hydrogens (primary N) is 1. The summed E-state index contributed by atoms with van der Waals surface area (Å²) in [5, 5.41) is 6.56. The summed E-state index contributed by atoms with van der Waals surface area (Å²) in [7, 11) is 0. The van der Waals surface area contributed by atoms with Crippen LogP contribution in [0.4, 0.5) is 16.3 Å². The predicted octanol–water partition coefficient (Wildman–Crippen LogP) is 3.31. The van der Waals surface area contributed by atoms with Gasteiger partial charge in [0, 0.05) is 24.2 Å². The molecule has 8 heteroatoms. The zero-order chi connectivity index (χ0) is 20.9. The second-order valence-corrected chi connectivity index (χ2v) is 6.88. The summed E-state index contributed by atoms with van der Waals surface area (Å²) in [6.07, 6.45) is 0. The van der Waals surface area contributed by atoms with Gasteiger partial charge in [0.15, 0.2) is 5.82 Å². The molecule has 0 saturated heterocycles. The summed E-state index contributed by atoms with van der Waals surface area (Å²) < 4.78 is 7.82. The van der Waals surface area contributed by atoms with Crippen molar-refractivity contribution in [2.75, 3.05) is 30.8 Å². The molecule has 0 aliphatic carbocycles. The lowest BCUT2D eigenvalue weighted by Gasteiger charge is -2.11. The van der Waals surface area contributed by atoms with Crippen molar-refractivity contribution in [3.63, 3.8) is 0 Å². The average molecular weight is 404 g/mol. The summed E-state index contributed by atoms with van der Waals surface area (Å²) in [5.41, 5.74) is 9.40. The fourth-order valence-corrected chi connectivity index (χ4v) is 3.44. The van der Waals surface area contributed by atoms with E-state index < -0.39 is 0 Å². The first-order valence-corrected chi connectivity index (χ1v) is 9.82. The number of para-hydroxylation sites is 2. The molecule has 0 atom stereocenters. The van der Waals surface area contributed by atoms with Crippen LogP contribution in [-0.2, 0) is 11.3 Å². The maximum atomic E-state index is 11.9. The molecule has 0 aliphatic rings. The molecule has 0 aliphatic heterocycles. The SMILES string of the molecule is Cc1nc2c(N)nc3ccccc3c2n1CCOCCNC(=O)Nc1ccccc1. The number of carbonyl (C=O) groups excluding carboxylic acids is 1. The molecule has 4 N–H and O–H groups in total. The number of aryl methyl sites for hydroxylation is 1. The van der Waals surface area contributed by atoms with Crippen molar-refractivity contribution < 1.29 is 9.53 Å². The van der Waals surface area contributed by atoms with E-state index in [0.717, 1.165) is 27.9 Å². The average Bonchev–Trinajstić information content (AvgIpc) is 3.08. The zero-order valence-electron chi connectivity index (χ0n) is 16.8. The second-order valence-electron chi connectivity index (χ2n) is 6.88. The molecule has 0 fully saturated rings. The van der Waals surface area contributed by atoms with E-state index in [4.69, 9.17) is 10.5 Å². The van der Waals surface area contributed by atoms with E-state index in [0.29, 0.717) is 37.6 Å². The number of urea groups is 1. The fourth-order valence-electron chi connectivity index (χ4n) is 3.44. The number of rotatable bonds is 7. The van der Waals surface area contributed by atoms with Crippen LogP contribution in [-0.4, -0.2) is 40.3 Å². The molecular formula is C22H24N6O2. The topological polar surface area (TPSA) is 107 Å². The van der Waals surface area contributed by atoms with E-state index in [1.165, 1.54) is 0 Å². The van der Waals surface area contributed by atoms with Crippen molar-refractivity contribution in [1.29, 1.82) is 0 Å². The van der Waals surface area contributed by atoms with E-state index in [1.54, 1.807) is 0 Å². The molecule has 30 heavy (non-hydrogen) atoms. The highest BCUT2D eigenvalue weighted by molar-refractivity contribution is 6.06. The first-order chi connectivity index (χ1) is 14.6. The van der Waals surface area contributed by atoms with E-state index in [9.17, 15) is 4.79 Å². The minimum atomic E-state index is -0.254. The maximum Gasteiger partial charge on any atom is 0.319 e. The van der Waals surface area contributed by atoms with E-state index in [-0.39, 0.29) is 6.03 Å². The number of amides is 2. The Labute approximate surface area is 174 Å². The predicted molar refractivity (Wildman–Crippen MR) is 118 cm³/mol. The molecule has 4 aromatic rings. The van der Waals surface area contributed by atoms with Gasteiger partial charge in [-0.05, 0) is 25.1 Å². The van der Waals surface area contributed by atoms with Gasteiger partial charge in [-0.15, -0.1) is 0 Å². The Bertz CT molecular complexity index is 1170. The number of benzene rings is 2. The smallest absolute Gasteiger partial charge is 0.319 e. The van der Waals surface area contributed by atoms with Gasteiger partial charge in [0.05, 0.1) is 24.2 Å². The molecule has 0 radical (unpaired) electrons. The minimum Gasteiger partial charge on any atom is -0.382 e. The highest BCUT2D eigenvalue weighted by atomic mass is 16.5. The lowest BCUT2D eigenvalue weighted by molar-refractivity contribution is 0.129. The number of ether oxygens (including phenoxy) is 1. The molecule has 154 valence electrons. The van der Waals surface area contributed by atoms with Gasteiger partial charge in [-0.25, -0.2) is 14.8 Å². The third-order valence-electron chi connectivity index (χ3n) is 4.82. The van der Waals surface area contributed by atoms with Gasteiger partial charge in [0.2, 0.25) is 0 Å². The molecular weight excluding hydrogens is 380 g/mol. The number of anilines is 2. The molecule has 0 saturated carbocycles. The summed E-state index contributed by atoms with van der Waals surface area (Å²) in [6.45, 7) is 3.90. The second kappa shape index (κ2) is 8.79. The maximum absolute atomic E-state index is 11.9. The van der Waals surface area contributed by atoms with Gasteiger partial charge in [-0.2, -0.15) is 0 Å². The summed E-state index contributed by atoms with van der Waals surface area (Å²) in [4.78, 5) is 20.9. The van der Waals surface area contributed by atoms with Crippen LogP contribution in [0.2, 0.25) is 0 Å². The van der Waals surface area contributed by atoms with Gasteiger partial charge in [-0.3, -0.25) is 0 Å². The molecule has 2 aromatic heterocycles. The van der Waals surface area contributed by atoms with Crippen molar-refractivity contribution >= 4 is 39.5 Å². The first kappa shape index (κ1) is 19.7. The lowest BCUT2D eigenvalue weighted by atomic mass is 10.2. The third kappa shape index (κ3) is 4.18. The number of pyridine rings is 1. The number of hydrogen-bond donors (Lipinski definition) is 3. The van der Waals surface area contributed by atoms with Crippen molar-refractivity contribution in [2.24, 2.45) is 0 Å². The van der Waals surface area contributed by atoms with Gasteiger partial charge >= 0.3 is 6.03 Å². The van der Waals surface area contributed by atoms with E-state index in [1.807, 2.05) is 61.5 Å². The van der Waals surface area contributed by atoms with Gasteiger partial charge in [0.1, 0.15) is 11.3 Å². The van der Waals surface area contributed by atoms with Crippen LogP contribution in [0.15, 0.2) is 54.6 Å². The Hall–Kier alpha value is -3.65. The van der Waals surface area contributed by atoms with Gasteiger partial charge < -0.3 is 25.7 Å². The highest BCUT2D eigenvalue weighted by Crippen LogP contribution is 2.28. The Kier molecular flexibility index (Phi) is 5.76. The first-order valence-electron chi connectivity index (χ1n) is 9.82. The van der Waals surface area contributed by atoms with E-state index in [2.05, 4.69) is 25.2 Å². The Morgan fingerprint density at radius 1 is 1.07 bits per heavy atom. The van der Waals surface area contributed by atoms with Crippen LogP contribution in [0.3, 0.4) is 0 Å². The van der Waals surface area contributed by atoms with Crippen molar-refractivity contribution in [3.8, 4) is 0 Å². The molecule has 0 unspecified atom stereocenters. The van der Waals surface area contributed by atoms with Crippen LogP contribution in [0.25, 0.3) is 21.9 Å². The fraction of sp³-hybridized carbons (Fsp3) is 0.227. The van der Waals surface area contributed by atoms with Crippen LogP contribution >= 0.6 is 0 Å². The molecule has 2 heterocycles. The van der Waals surface area contributed by atoms with Crippen molar-refractivity contribution in [2.45, 2.75) is 13.5 Å². The molecule has 0 spiro atoms. The molecule has 8 nitrogen and oxygen atoms in total. The lowest BCUT2D eigenvalue weighted by Crippen LogP contribution is -2.31.